The highest BCUT2D eigenvalue weighted by Gasteiger charge is 2.09. The summed E-state index contributed by atoms with van der Waals surface area (Å²) in [6, 6.07) is 5.71. The second-order valence-corrected chi connectivity index (χ2v) is 5.97. The zero-order chi connectivity index (χ0) is 16.8. The maximum absolute atomic E-state index is 13.5. The van der Waals surface area contributed by atoms with Crippen LogP contribution in [-0.4, -0.2) is 18.5 Å². The molecule has 0 radical (unpaired) electrons. The van der Waals surface area contributed by atoms with Crippen molar-refractivity contribution in [1.82, 2.24) is 0 Å². The average Bonchev–Trinajstić information content (AvgIpc) is 2.92. The molecule has 0 atom stereocenters. The standard InChI is InChI=1S/C16H13ClFNO3S/c1-10-6-7-23-14(10)4-5-16(21)22-9-15(20)19-13-8-11(17)2-3-12(13)18/h2-8H,9H2,1H3,(H,19,20)/b5-4+. The van der Waals surface area contributed by atoms with Crippen molar-refractivity contribution >= 4 is 46.6 Å². The number of ether oxygens (including phenoxy) is 1. The molecule has 0 unspecified atom stereocenters. The van der Waals surface area contributed by atoms with Crippen molar-refractivity contribution in [2.45, 2.75) is 6.92 Å². The maximum Gasteiger partial charge on any atom is 0.331 e. The maximum atomic E-state index is 13.5. The molecule has 0 saturated carbocycles. The van der Waals surface area contributed by atoms with E-state index in [-0.39, 0.29) is 10.7 Å². The number of rotatable bonds is 5. The molecule has 7 heteroatoms. The Morgan fingerprint density at radius 3 is 2.87 bits per heavy atom. The van der Waals surface area contributed by atoms with E-state index in [0.717, 1.165) is 16.5 Å². The summed E-state index contributed by atoms with van der Waals surface area (Å²) in [6.45, 7) is 1.41. The number of benzene rings is 1. The fourth-order valence-corrected chi connectivity index (χ4v) is 2.65. The van der Waals surface area contributed by atoms with E-state index < -0.39 is 24.3 Å². The first-order chi connectivity index (χ1) is 11.0. The van der Waals surface area contributed by atoms with Crippen LogP contribution in [0.2, 0.25) is 5.02 Å². The number of amides is 1. The van der Waals surface area contributed by atoms with Gasteiger partial charge in [-0.1, -0.05) is 11.6 Å². The molecule has 1 N–H and O–H groups in total. The molecule has 0 aliphatic heterocycles. The summed E-state index contributed by atoms with van der Waals surface area (Å²) < 4.78 is 18.2. The number of nitrogens with one attached hydrogen (secondary N) is 1. The second kappa shape index (κ2) is 7.89. The minimum atomic E-state index is -0.653. The molecule has 0 saturated heterocycles. The third kappa shape index (κ3) is 5.19. The van der Waals surface area contributed by atoms with Crippen molar-refractivity contribution in [1.29, 1.82) is 0 Å². The van der Waals surface area contributed by atoms with E-state index in [1.54, 1.807) is 6.08 Å². The van der Waals surface area contributed by atoms with Crippen LogP contribution in [0.4, 0.5) is 10.1 Å². The van der Waals surface area contributed by atoms with Gasteiger partial charge in [0.15, 0.2) is 6.61 Å². The van der Waals surface area contributed by atoms with E-state index in [1.807, 2.05) is 18.4 Å². The van der Waals surface area contributed by atoms with Crippen LogP contribution in [0.3, 0.4) is 0 Å². The van der Waals surface area contributed by atoms with Gasteiger partial charge in [-0.3, -0.25) is 4.79 Å². The second-order valence-electron chi connectivity index (χ2n) is 4.58. The van der Waals surface area contributed by atoms with E-state index in [2.05, 4.69) is 5.32 Å². The molecule has 0 fully saturated rings. The Bertz CT molecular complexity index is 758. The lowest BCUT2D eigenvalue weighted by atomic mass is 10.3. The Morgan fingerprint density at radius 1 is 1.39 bits per heavy atom. The number of hydrogen-bond acceptors (Lipinski definition) is 4. The Balaban J connectivity index is 1.84. The molecule has 23 heavy (non-hydrogen) atoms. The smallest absolute Gasteiger partial charge is 0.331 e. The quantitative estimate of drug-likeness (QED) is 0.652. The molecule has 1 heterocycles. The Kier molecular flexibility index (Phi) is 5.90. The van der Waals surface area contributed by atoms with Crippen LogP contribution in [0, 0.1) is 12.7 Å². The van der Waals surface area contributed by atoms with Gasteiger partial charge in [-0.25, -0.2) is 9.18 Å². The van der Waals surface area contributed by atoms with Crippen molar-refractivity contribution < 1.29 is 18.7 Å². The molecule has 0 spiro atoms. The Labute approximate surface area is 141 Å². The number of carbonyl (C=O) groups is 2. The van der Waals surface area contributed by atoms with Gasteiger partial charge < -0.3 is 10.1 Å². The number of anilines is 1. The fourth-order valence-electron chi connectivity index (χ4n) is 1.66. The highest BCUT2D eigenvalue weighted by Crippen LogP contribution is 2.19. The van der Waals surface area contributed by atoms with Crippen molar-refractivity contribution in [3.8, 4) is 0 Å². The molecular formula is C16H13ClFNO3S. The lowest BCUT2D eigenvalue weighted by Crippen LogP contribution is -2.20. The molecule has 1 aromatic carbocycles. The summed E-state index contributed by atoms with van der Waals surface area (Å²) >= 11 is 7.21. The van der Waals surface area contributed by atoms with Crippen molar-refractivity contribution in [2.75, 3.05) is 11.9 Å². The van der Waals surface area contributed by atoms with E-state index in [4.69, 9.17) is 16.3 Å². The summed E-state index contributed by atoms with van der Waals surface area (Å²) in [5, 5.41) is 4.48. The first-order valence-electron chi connectivity index (χ1n) is 6.59. The van der Waals surface area contributed by atoms with E-state index in [0.29, 0.717) is 0 Å². The normalized spacial score (nSPS) is 10.7. The van der Waals surface area contributed by atoms with Gasteiger partial charge in [-0.05, 0) is 48.2 Å². The highest BCUT2D eigenvalue weighted by atomic mass is 35.5. The van der Waals surface area contributed by atoms with Crippen molar-refractivity contribution in [3.63, 3.8) is 0 Å². The molecule has 1 aromatic heterocycles. The van der Waals surface area contributed by atoms with Gasteiger partial charge in [-0.15, -0.1) is 11.3 Å². The summed E-state index contributed by atoms with van der Waals surface area (Å²) in [4.78, 5) is 24.1. The van der Waals surface area contributed by atoms with Crippen LogP contribution in [0.1, 0.15) is 10.4 Å². The molecule has 120 valence electrons. The third-order valence-electron chi connectivity index (χ3n) is 2.82. The number of hydrogen-bond donors (Lipinski definition) is 1. The number of esters is 1. The first-order valence-corrected chi connectivity index (χ1v) is 7.85. The molecule has 0 aliphatic rings. The predicted molar refractivity (Wildman–Crippen MR) is 89.1 cm³/mol. The van der Waals surface area contributed by atoms with Crippen molar-refractivity contribution in [3.05, 3.63) is 57.0 Å². The van der Waals surface area contributed by atoms with Crippen molar-refractivity contribution in [2.24, 2.45) is 0 Å². The lowest BCUT2D eigenvalue weighted by molar-refractivity contribution is -0.142. The molecule has 0 bridgehead atoms. The molecule has 1 amide bonds. The SMILES string of the molecule is Cc1ccsc1/C=C/C(=O)OCC(=O)Nc1cc(Cl)ccc1F. The predicted octanol–water partition coefficient (Wildman–Crippen LogP) is 4.04. The minimum Gasteiger partial charge on any atom is -0.452 e. The van der Waals surface area contributed by atoms with Gasteiger partial charge in [0.2, 0.25) is 0 Å². The molecule has 0 aliphatic carbocycles. The topological polar surface area (TPSA) is 55.4 Å². The third-order valence-corrected chi connectivity index (χ3v) is 4.04. The van der Waals surface area contributed by atoms with Gasteiger partial charge in [0.05, 0.1) is 5.69 Å². The minimum absolute atomic E-state index is 0.0664. The number of thiophene rings is 1. The average molecular weight is 354 g/mol. The molecule has 2 rings (SSSR count). The monoisotopic (exact) mass is 353 g/mol. The Morgan fingerprint density at radius 2 is 2.17 bits per heavy atom. The number of halogens is 2. The largest absolute Gasteiger partial charge is 0.452 e. The van der Waals surface area contributed by atoms with Gasteiger partial charge in [0, 0.05) is 16.0 Å². The van der Waals surface area contributed by atoms with Gasteiger partial charge in [0.1, 0.15) is 5.82 Å². The zero-order valence-electron chi connectivity index (χ0n) is 12.1. The summed E-state index contributed by atoms with van der Waals surface area (Å²) in [5.74, 6) is -1.93. The van der Waals surface area contributed by atoms with Crippen LogP contribution in [0.15, 0.2) is 35.7 Å². The summed E-state index contributed by atoms with van der Waals surface area (Å²) in [5.41, 5.74) is 0.983. The Hall–Kier alpha value is -2.18. The summed E-state index contributed by atoms with van der Waals surface area (Å²) in [7, 11) is 0. The number of aryl methyl sites for hydroxylation is 1. The fraction of sp³-hybridized carbons (Fsp3) is 0.125. The van der Waals surface area contributed by atoms with Crippen LogP contribution in [0.25, 0.3) is 6.08 Å². The lowest BCUT2D eigenvalue weighted by Gasteiger charge is -2.06. The zero-order valence-corrected chi connectivity index (χ0v) is 13.7. The summed E-state index contributed by atoms with van der Waals surface area (Å²) in [6.07, 6.45) is 2.86. The van der Waals surface area contributed by atoms with Crippen LogP contribution >= 0.6 is 22.9 Å². The molecule has 2 aromatic rings. The van der Waals surface area contributed by atoms with Crippen LogP contribution in [0.5, 0.6) is 0 Å². The first kappa shape index (κ1) is 17.2. The van der Waals surface area contributed by atoms with E-state index in [9.17, 15) is 14.0 Å². The van der Waals surface area contributed by atoms with Crippen LogP contribution < -0.4 is 5.32 Å². The van der Waals surface area contributed by atoms with Gasteiger partial charge in [0.25, 0.3) is 5.91 Å². The number of carbonyl (C=O) groups excluding carboxylic acids is 2. The highest BCUT2D eigenvalue weighted by molar-refractivity contribution is 7.11. The molecular weight excluding hydrogens is 341 g/mol. The van der Waals surface area contributed by atoms with E-state index in [1.165, 1.54) is 29.5 Å². The van der Waals surface area contributed by atoms with Gasteiger partial charge >= 0.3 is 5.97 Å². The molecule has 4 nitrogen and oxygen atoms in total. The van der Waals surface area contributed by atoms with E-state index >= 15 is 0 Å². The van der Waals surface area contributed by atoms with Crippen LogP contribution in [-0.2, 0) is 14.3 Å². The van der Waals surface area contributed by atoms with Gasteiger partial charge in [-0.2, -0.15) is 0 Å².